The lowest BCUT2D eigenvalue weighted by Gasteiger charge is -2.42. The van der Waals surface area contributed by atoms with Crippen LogP contribution in [0.4, 0.5) is 5.69 Å². The van der Waals surface area contributed by atoms with Crippen molar-refractivity contribution in [2.75, 3.05) is 37.6 Å². The summed E-state index contributed by atoms with van der Waals surface area (Å²) in [7, 11) is 0. The van der Waals surface area contributed by atoms with Crippen LogP contribution < -0.4 is 10.2 Å². The molecule has 25 heavy (non-hydrogen) atoms. The zero-order valence-electron chi connectivity index (χ0n) is 14.9. The lowest BCUT2D eigenvalue weighted by atomic mass is 9.94. The van der Waals surface area contributed by atoms with Crippen LogP contribution >= 0.6 is 0 Å². The minimum atomic E-state index is 0.0597. The molecular weight excluding hydrogens is 312 g/mol. The number of benzene rings is 1. The Morgan fingerprint density at radius 2 is 2.08 bits per heavy atom. The van der Waals surface area contributed by atoms with E-state index in [1.807, 2.05) is 12.4 Å². The second kappa shape index (κ2) is 7.00. The fraction of sp³-hybridized carbons (Fsp3) is 0.500. The highest BCUT2D eigenvalue weighted by Crippen LogP contribution is 2.36. The van der Waals surface area contributed by atoms with Gasteiger partial charge in [-0.05, 0) is 30.9 Å². The summed E-state index contributed by atoms with van der Waals surface area (Å²) >= 11 is 0. The predicted molar refractivity (Wildman–Crippen MR) is 101 cm³/mol. The van der Waals surface area contributed by atoms with E-state index in [0.29, 0.717) is 6.04 Å². The topological polar surface area (TPSA) is 48.5 Å². The van der Waals surface area contributed by atoms with Crippen molar-refractivity contribution in [1.82, 2.24) is 15.2 Å². The molecule has 132 valence electrons. The van der Waals surface area contributed by atoms with E-state index in [1.165, 1.54) is 34.9 Å². The van der Waals surface area contributed by atoms with Gasteiger partial charge in [0, 0.05) is 74.5 Å². The van der Waals surface area contributed by atoms with Crippen molar-refractivity contribution in [2.24, 2.45) is 0 Å². The molecule has 0 unspecified atom stereocenters. The molecule has 1 saturated heterocycles. The zero-order chi connectivity index (χ0) is 17.2. The van der Waals surface area contributed by atoms with Gasteiger partial charge in [0.05, 0.1) is 0 Å². The summed E-state index contributed by atoms with van der Waals surface area (Å²) in [5.41, 5.74) is 2.77. The average Bonchev–Trinajstić information content (AvgIpc) is 2.63. The van der Waals surface area contributed by atoms with Crippen LogP contribution in [0.3, 0.4) is 0 Å². The Morgan fingerprint density at radius 3 is 2.88 bits per heavy atom. The summed E-state index contributed by atoms with van der Waals surface area (Å²) in [5.74, 6) is 0.0597. The largest absolute Gasteiger partial charge is 0.368 e. The highest BCUT2D eigenvalue weighted by molar-refractivity contribution is 5.97. The maximum atomic E-state index is 11.0. The Balaban J connectivity index is 1.44. The summed E-state index contributed by atoms with van der Waals surface area (Å²) in [5, 5.41) is 5.55. The van der Waals surface area contributed by atoms with Crippen molar-refractivity contribution in [3.63, 3.8) is 0 Å². The number of pyridine rings is 1. The van der Waals surface area contributed by atoms with E-state index in [4.69, 9.17) is 0 Å². The third-order valence-electron chi connectivity index (χ3n) is 5.57. The molecule has 0 aliphatic carbocycles. The Bertz CT molecular complexity index is 762. The van der Waals surface area contributed by atoms with Crippen LogP contribution in [0.25, 0.3) is 10.8 Å². The number of hydrogen-bond donors (Lipinski definition) is 1. The van der Waals surface area contributed by atoms with E-state index in [2.05, 4.69) is 38.3 Å². The Kier molecular flexibility index (Phi) is 4.57. The minimum absolute atomic E-state index is 0.0597. The normalized spacial score (nSPS) is 18.5. The van der Waals surface area contributed by atoms with Crippen molar-refractivity contribution in [1.29, 1.82) is 0 Å². The molecule has 2 aliphatic rings. The Morgan fingerprint density at radius 1 is 1.24 bits per heavy atom. The van der Waals surface area contributed by atoms with E-state index in [0.717, 1.165) is 39.1 Å². The number of anilines is 1. The van der Waals surface area contributed by atoms with E-state index in [9.17, 15) is 4.79 Å². The molecule has 1 amide bonds. The van der Waals surface area contributed by atoms with Gasteiger partial charge in [0.25, 0.3) is 0 Å². The fourth-order valence-electron chi connectivity index (χ4n) is 4.30. The molecule has 0 saturated carbocycles. The molecule has 1 fully saturated rings. The molecule has 4 rings (SSSR count). The fourth-order valence-corrected chi connectivity index (χ4v) is 4.30. The van der Waals surface area contributed by atoms with Crippen molar-refractivity contribution < 1.29 is 4.79 Å². The third-order valence-corrected chi connectivity index (χ3v) is 5.57. The van der Waals surface area contributed by atoms with Crippen molar-refractivity contribution in [3.8, 4) is 0 Å². The first-order valence-electron chi connectivity index (χ1n) is 9.31. The van der Waals surface area contributed by atoms with Gasteiger partial charge in [-0.1, -0.05) is 12.1 Å². The number of piperidine rings is 1. The van der Waals surface area contributed by atoms with Crippen LogP contribution in [0.2, 0.25) is 0 Å². The van der Waals surface area contributed by atoms with Gasteiger partial charge >= 0.3 is 0 Å². The van der Waals surface area contributed by atoms with Crippen molar-refractivity contribution >= 4 is 22.4 Å². The zero-order valence-corrected chi connectivity index (χ0v) is 14.9. The van der Waals surface area contributed by atoms with Crippen LogP contribution in [0.15, 0.2) is 30.6 Å². The third kappa shape index (κ3) is 3.33. The van der Waals surface area contributed by atoms with Gasteiger partial charge in [0.1, 0.15) is 0 Å². The van der Waals surface area contributed by atoms with Crippen LogP contribution in [-0.2, 0) is 11.2 Å². The first-order valence-corrected chi connectivity index (χ1v) is 9.31. The molecule has 2 aromatic rings. The molecule has 0 spiro atoms. The van der Waals surface area contributed by atoms with Crippen molar-refractivity contribution in [2.45, 2.75) is 32.2 Å². The molecule has 1 aromatic heterocycles. The highest BCUT2D eigenvalue weighted by Gasteiger charge is 2.28. The molecule has 0 bridgehead atoms. The van der Waals surface area contributed by atoms with Gasteiger partial charge in [-0.15, -0.1) is 0 Å². The van der Waals surface area contributed by atoms with E-state index < -0.39 is 0 Å². The summed E-state index contributed by atoms with van der Waals surface area (Å²) < 4.78 is 0. The number of aromatic nitrogens is 1. The number of nitrogens with zero attached hydrogens (tertiary/aromatic N) is 3. The molecule has 0 atom stereocenters. The summed E-state index contributed by atoms with van der Waals surface area (Å²) in [6.45, 7) is 6.60. The SMILES string of the molecule is CC(=O)NCCN1CCC(N2CCc3cncc4cccc2c34)CC1. The predicted octanol–water partition coefficient (Wildman–Crippen LogP) is 2.20. The van der Waals surface area contributed by atoms with Gasteiger partial charge in [0.15, 0.2) is 0 Å². The van der Waals surface area contributed by atoms with E-state index >= 15 is 0 Å². The molecule has 1 N–H and O–H groups in total. The van der Waals surface area contributed by atoms with E-state index in [1.54, 1.807) is 6.92 Å². The molecule has 5 nitrogen and oxygen atoms in total. The Labute approximate surface area is 149 Å². The number of carbonyl (C=O) groups excluding carboxylic acids is 1. The highest BCUT2D eigenvalue weighted by atomic mass is 16.1. The number of hydrogen-bond acceptors (Lipinski definition) is 4. The number of nitrogens with one attached hydrogen (secondary N) is 1. The second-order valence-corrected chi connectivity index (χ2v) is 7.17. The van der Waals surface area contributed by atoms with Crippen LogP contribution in [-0.4, -0.2) is 54.6 Å². The molecule has 3 heterocycles. The molecular formula is C20H26N4O. The number of likely N-dealkylation sites (tertiary alicyclic amines) is 1. The first-order chi connectivity index (χ1) is 12.2. The summed E-state index contributed by atoms with van der Waals surface area (Å²) in [6, 6.07) is 7.21. The van der Waals surface area contributed by atoms with Gasteiger partial charge in [-0.25, -0.2) is 0 Å². The standard InChI is InChI=1S/C20H26N4O/c1-15(25)22-8-12-23-9-6-18(7-10-23)24-11-5-17-14-21-13-16-3-2-4-19(24)20(16)17/h2-4,13-14,18H,5-12H2,1H3,(H,22,25). The van der Waals surface area contributed by atoms with Crippen molar-refractivity contribution in [3.05, 3.63) is 36.2 Å². The smallest absolute Gasteiger partial charge is 0.216 e. The summed E-state index contributed by atoms with van der Waals surface area (Å²) in [4.78, 5) is 20.5. The van der Waals surface area contributed by atoms with Gasteiger partial charge in [-0.3, -0.25) is 9.78 Å². The minimum Gasteiger partial charge on any atom is -0.368 e. The number of carbonyl (C=O) groups is 1. The molecule has 1 aromatic carbocycles. The Hall–Kier alpha value is -2.14. The maximum Gasteiger partial charge on any atom is 0.216 e. The first kappa shape index (κ1) is 16.3. The summed E-state index contributed by atoms with van der Waals surface area (Å²) in [6.07, 6.45) is 7.49. The van der Waals surface area contributed by atoms with Gasteiger partial charge < -0.3 is 15.1 Å². The van der Waals surface area contributed by atoms with Gasteiger partial charge in [-0.2, -0.15) is 0 Å². The number of rotatable bonds is 4. The monoisotopic (exact) mass is 338 g/mol. The lowest BCUT2D eigenvalue weighted by Crippen LogP contribution is -2.48. The van der Waals surface area contributed by atoms with Gasteiger partial charge in [0.2, 0.25) is 5.91 Å². The molecule has 5 heteroatoms. The van der Waals surface area contributed by atoms with Crippen LogP contribution in [0.1, 0.15) is 25.3 Å². The lowest BCUT2D eigenvalue weighted by molar-refractivity contribution is -0.119. The molecule has 2 aliphatic heterocycles. The quantitative estimate of drug-likeness (QED) is 0.928. The second-order valence-electron chi connectivity index (χ2n) is 7.17. The van der Waals surface area contributed by atoms with Crippen LogP contribution in [0, 0.1) is 0 Å². The number of amides is 1. The van der Waals surface area contributed by atoms with Crippen LogP contribution in [0.5, 0.6) is 0 Å². The maximum absolute atomic E-state index is 11.0. The van der Waals surface area contributed by atoms with E-state index in [-0.39, 0.29) is 5.91 Å². The molecule has 0 radical (unpaired) electrons. The average molecular weight is 338 g/mol.